The van der Waals surface area contributed by atoms with Gasteiger partial charge < -0.3 is 15.6 Å². The zero-order valence-electron chi connectivity index (χ0n) is 14.5. The normalized spacial score (nSPS) is 17.2. The van der Waals surface area contributed by atoms with E-state index < -0.39 is 0 Å². The Morgan fingerprint density at radius 1 is 1.32 bits per heavy atom. The molecular formula is C19H24N4O2. The summed E-state index contributed by atoms with van der Waals surface area (Å²) in [6.07, 6.45) is 2.92. The molecule has 6 nitrogen and oxygen atoms in total. The molecule has 0 aliphatic carbocycles. The Labute approximate surface area is 147 Å². The summed E-state index contributed by atoms with van der Waals surface area (Å²) in [5.74, 6) is 1.02. The van der Waals surface area contributed by atoms with Crippen molar-refractivity contribution in [3.8, 4) is 0 Å². The van der Waals surface area contributed by atoms with Crippen LogP contribution in [0.2, 0.25) is 0 Å². The van der Waals surface area contributed by atoms with Crippen LogP contribution in [0.3, 0.4) is 0 Å². The van der Waals surface area contributed by atoms with Crippen LogP contribution in [0.4, 0.5) is 0 Å². The number of hydrogen-bond acceptors (Lipinski definition) is 4. The van der Waals surface area contributed by atoms with Gasteiger partial charge in [-0.3, -0.25) is 9.59 Å². The van der Waals surface area contributed by atoms with Crippen molar-refractivity contribution in [2.75, 3.05) is 19.6 Å². The third-order valence-corrected chi connectivity index (χ3v) is 4.52. The SMILES string of the molecule is Cc1nc(CCNC(=O)c2ccc(C3CCCNC3)cc2)cc(=O)[nH]1. The summed E-state index contributed by atoms with van der Waals surface area (Å²) in [6, 6.07) is 9.33. The maximum atomic E-state index is 12.2. The second kappa shape index (κ2) is 8.07. The third-order valence-electron chi connectivity index (χ3n) is 4.52. The van der Waals surface area contributed by atoms with Gasteiger partial charge in [-0.25, -0.2) is 4.98 Å². The molecule has 25 heavy (non-hydrogen) atoms. The number of carbonyl (C=O) groups is 1. The lowest BCUT2D eigenvalue weighted by Crippen LogP contribution is -2.28. The number of nitrogens with zero attached hydrogens (tertiary/aromatic N) is 1. The molecular weight excluding hydrogens is 316 g/mol. The summed E-state index contributed by atoms with van der Waals surface area (Å²) in [6.45, 7) is 4.29. The van der Waals surface area contributed by atoms with Crippen molar-refractivity contribution >= 4 is 5.91 Å². The molecule has 1 unspecified atom stereocenters. The highest BCUT2D eigenvalue weighted by molar-refractivity contribution is 5.94. The fraction of sp³-hybridized carbons (Fsp3) is 0.421. The highest BCUT2D eigenvalue weighted by Gasteiger charge is 2.15. The van der Waals surface area contributed by atoms with Gasteiger partial charge in [-0.05, 0) is 49.9 Å². The van der Waals surface area contributed by atoms with Crippen LogP contribution in [0, 0.1) is 6.92 Å². The lowest BCUT2D eigenvalue weighted by Gasteiger charge is -2.23. The molecule has 2 heterocycles. The lowest BCUT2D eigenvalue weighted by molar-refractivity contribution is 0.0954. The summed E-state index contributed by atoms with van der Waals surface area (Å²) in [7, 11) is 0. The molecule has 1 amide bonds. The van der Waals surface area contributed by atoms with Crippen LogP contribution in [0.1, 0.15) is 46.2 Å². The number of amides is 1. The summed E-state index contributed by atoms with van der Waals surface area (Å²) in [4.78, 5) is 30.5. The van der Waals surface area contributed by atoms with E-state index in [1.54, 1.807) is 6.92 Å². The van der Waals surface area contributed by atoms with E-state index in [2.05, 4.69) is 20.6 Å². The molecule has 3 N–H and O–H groups in total. The zero-order chi connectivity index (χ0) is 17.6. The van der Waals surface area contributed by atoms with Gasteiger partial charge in [-0.1, -0.05) is 12.1 Å². The Hall–Kier alpha value is -2.47. The molecule has 6 heteroatoms. The van der Waals surface area contributed by atoms with Crippen molar-refractivity contribution in [1.29, 1.82) is 0 Å². The summed E-state index contributed by atoms with van der Waals surface area (Å²) in [5.41, 5.74) is 2.46. The van der Waals surface area contributed by atoms with Gasteiger partial charge in [-0.2, -0.15) is 0 Å². The quantitative estimate of drug-likeness (QED) is 0.770. The summed E-state index contributed by atoms with van der Waals surface area (Å²) < 4.78 is 0. The van der Waals surface area contributed by atoms with Crippen molar-refractivity contribution in [2.45, 2.75) is 32.1 Å². The number of H-pyrrole nitrogens is 1. The van der Waals surface area contributed by atoms with Gasteiger partial charge in [0.25, 0.3) is 11.5 Å². The van der Waals surface area contributed by atoms with Gasteiger partial charge >= 0.3 is 0 Å². The molecule has 2 aromatic rings. The predicted molar refractivity (Wildman–Crippen MR) is 96.9 cm³/mol. The molecule has 0 spiro atoms. The molecule has 132 valence electrons. The summed E-state index contributed by atoms with van der Waals surface area (Å²) in [5, 5.41) is 6.29. The van der Waals surface area contributed by atoms with E-state index in [1.807, 2.05) is 24.3 Å². The van der Waals surface area contributed by atoms with Gasteiger partial charge in [0.15, 0.2) is 0 Å². The van der Waals surface area contributed by atoms with E-state index in [1.165, 1.54) is 24.5 Å². The standard InChI is InChI=1S/C19H24N4O2/c1-13-22-17(11-18(24)23-13)8-10-21-19(25)15-6-4-14(5-7-15)16-3-2-9-20-12-16/h4-7,11,16,20H,2-3,8-10,12H2,1H3,(H,21,25)(H,22,23,24). The molecule has 1 aromatic heterocycles. The number of nitrogens with one attached hydrogen (secondary N) is 3. The Bertz CT molecular complexity index is 777. The number of aromatic nitrogens is 2. The average molecular weight is 340 g/mol. The van der Waals surface area contributed by atoms with Gasteiger partial charge in [-0.15, -0.1) is 0 Å². The molecule has 0 radical (unpaired) electrons. The van der Waals surface area contributed by atoms with E-state index in [0.717, 1.165) is 13.1 Å². The molecule has 1 aliphatic rings. The number of benzene rings is 1. The Kier molecular flexibility index (Phi) is 5.60. The Morgan fingerprint density at radius 3 is 2.80 bits per heavy atom. The van der Waals surface area contributed by atoms with Crippen LogP contribution >= 0.6 is 0 Å². The largest absolute Gasteiger partial charge is 0.352 e. The van der Waals surface area contributed by atoms with Crippen LogP contribution in [0.15, 0.2) is 35.1 Å². The molecule has 1 fully saturated rings. The number of aryl methyl sites for hydroxylation is 1. The zero-order valence-corrected chi connectivity index (χ0v) is 14.5. The van der Waals surface area contributed by atoms with Crippen LogP contribution in [0.5, 0.6) is 0 Å². The monoisotopic (exact) mass is 340 g/mol. The van der Waals surface area contributed by atoms with Crippen LogP contribution in [0.25, 0.3) is 0 Å². The highest BCUT2D eigenvalue weighted by Crippen LogP contribution is 2.23. The molecule has 0 saturated carbocycles. The lowest BCUT2D eigenvalue weighted by atomic mass is 9.91. The van der Waals surface area contributed by atoms with Crippen molar-refractivity contribution in [3.05, 3.63) is 63.3 Å². The maximum Gasteiger partial charge on any atom is 0.251 e. The third kappa shape index (κ3) is 4.76. The summed E-state index contributed by atoms with van der Waals surface area (Å²) >= 11 is 0. The van der Waals surface area contributed by atoms with Crippen LogP contribution in [-0.4, -0.2) is 35.5 Å². The minimum atomic E-state index is -0.165. The molecule has 1 atom stereocenters. The molecule has 1 aliphatic heterocycles. The van der Waals surface area contributed by atoms with E-state index in [0.29, 0.717) is 36.0 Å². The first-order valence-electron chi connectivity index (χ1n) is 8.77. The van der Waals surface area contributed by atoms with Crippen molar-refractivity contribution in [3.63, 3.8) is 0 Å². The number of rotatable bonds is 5. The average Bonchev–Trinajstić information content (AvgIpc) is 2.62. The predicted octanol–water partition coefficient (Wildman–Crippen LogP) is 1.52. The molecule has 3 rings (SSSR count). The van der Waals surface area contributed by atoms with Crippen LogP contribution in [-0.2, 0) is 6.42 Å². The van der Waals surface area contributed by atoms with E-state index in [4.69, 9.17) is 0 Å². The number of hydrogen-bond donors (Lipinski definition) is 3. The first-order valence-corrected chi connectivity index (χ1v) is 8.77. The first kappa shape index (κ1) is 17.4. The molecule has 1 saturated heterocycles. The van der Waals surface area contributed by atoms with Gasteiger partial charge in [0, 0.05) is 36.8 Å². The van der Waals surface area contributed by atoms with Crippen molar-refractivity contribution in [1.82, 2.24) is 20.6 Å². The fourth-order valence-electron chi connectivity index (χ4n) is 3.22. The second-order valence-electron chi connectivity index (χ2n) is 6.49. The van der Waals surface area contributed by atoms with Crippen molar-refractivity contribution in [2.24, 2.45) is 0 Å². The number of aromatic amines is 1. The van der Waals surface area contributed by atoms with Gasteiger partial charge in [0.2, 0.25) is 0 Å². The smallest absolute Gasteiger partial charge is 0.251 e. The van der Waals surface area contributed by atoms with Gasteiger partial charge in [0.05, 0.1) is 0 Å². The Morgan fingerprint density at radius 2 is 2.12 bits per heavy atom. The molecule has 1 aromatic carbocycles. The topological polar surface area (TPSA) is 86.9 Å². The van der Waals surface area contributed by atoms with E-state index in [-0.39, 0.29) is 11.5 Å². The highest BCUT2D eigenvalue weighted by atomic mass is 16.1. The Balaban J connectivity index is 1.53. The minimum absolute atomic E-state index is 0.102. The van der Waals surface area contributed by atoms with E-state index >= 15 is 0 Å². The van der Waals surface area contributed by atoms with E-state index in [9.17, 15) is 9.59 Å². The van der Waals surface area contributed by atoms with Gasteiger partial charge in [0.1, 0.15) is 5.82 Å². The fourth-order valence-corrected chi connectivity index (χ4v) is 3.22. The van der Waals surface area contributed by atoms with Crippen LogP contribution < -0.4 is 16.2 Å². The molecule has 0 bridgehead atoms. The number of piperidine rings is 1. The maximum absolute atomic E-state index is 12.2. The minimum Gasteiger partial charge on any atom is -0.352 e. The second-order valence-corrected chi connectivity index (χ2v) is 6.49. The van der Waals surface area contributed by atoms with Crippen molar-refractivity contribution < 1.29 is 4.79 Å². The number of carbonyl (C=O) groups excluding carboxylic acids is 1. The first-order chi connectivity index (χ1) is 12.1.